The van der Waals surface area contributed by atoms with Crippen LogP contribution < -0.4 is 0 Å². The molecule has 0 aliphatic carbocycles. The molecule has 0 aliphatic rings. The molecule has 0 radical (unpaired) electrons. The first-order valence-electron chi connectivity index (χ1n) is 5.11. The first kappa shape index (κ1) is 13.1. The van der Waals surface area contributed by atoms with Crippen LogP contribution in [0.4, 0.5) is 0 Å². The first-order chi connectivity index (χ1) is 7.65. The van der Waals surface area contributed by atoms with Gasteiger partial charge in [0, 0.05) is 20.2 Å². The van der Waals surface area contributed by atoms with Crippen molar-refractivity contribution < 1.29 is 9.53 Å². The van der Waals surface area contributed by atoms with Gasteiger partial charge in [0.15, 0.2) is 0 Å². The summed E-state index contributed by atoms with van der Waals surface area (Å²) in [6, 6.07) is 5.28. The molecule has 0 aromatic carbocycles. The number of carbonyl (C=O) groups is 1. The molecule has 0 aliphatic heterocycles. The second-order valence-corrected chi connectivity index (χ2v) is 4.08. The van der Waals surface area contributed by atoms with Gasteiger partial charge in [-0.05, 0) is 35.0 Å². The van der Waals surface area contributed by atoms with E-state index in [0.29, 0.717) is 30.1 Å². The molecule has 1 aromatic rings. The lowest BCUT2D eigenvalue weighted by Gasteiger charge is -2.16. The van der Waals surface area contributed by atoms with Gasteiger partial charge in [-0.15, -0.1) is 0 Å². The SMILES string of the molecule is CCOCCN(C)C(=O)c1cccc(Br)n1. The number of hydrogen-bond acceptors (Lipinski definition) is 3. The Kier molecular flexibility index (Phi) is 5.42. The molecule has 0 fully saturated rings. The molecule has 0 atom stereocenters. The molecule has 88 valence electrons. The maximum atomic E-state index is 11.9. The number of nitrogens with zero attached hydrogens (tertiary/aromatic N) is 2. The normalized spacial score (nSPS) is 10.2. The van der Waals surface area contributed by atoms with E-state index in [1.165, 1.54) is 0 Å². The standard InChI is InChI=1S/C11H15BrN2O2/c1-3-16-8-7-14(2)11(15)9-5-4-6-10(12)13-9/h4-6H,3,7-8H2,1-2H3. The fourth-order valence-electron chi connectivity index (χ4n) is 1.17. The predicted octanol–water partition coefficient (Wildman–Crippen LogP) is 1.95. The molecule has 0 saturated carbocycles. The van der Waals surface area contributed by atoms with Crippen molar-refractivity contribution in [1.82, 2.24) is 9.88 Å². The number of halogens is 1. The van der Waals surface area contributed by atoms with Gasteiger partial charge in [-0.2, -0.15) is 0 Å². The highest BCUT2D eigenvalue weighted by Gasteiger charge is 2.12. The van der Waals surface area contributed by atoms with Gasteiger partial charge in [0.2, 0.25) is 0 Å². The van der Waals surface area contributed by atoms with E-state index < -0.39 is 0 Å². The molecule has 5 heteroatoms. The summed E-state index contributed by atoms with van der Waals surface area (Å²) in [5, 5.41) is 0. The van der Waals surface area contributed by atoms with E-state index in [-0.39, 0.29) is 5.91 Å². The van der Waals surface area contributed by atoms with E-state index in [2.05, 4.69) is 20.9 Å². The summed E-state index contributed by atoms with van der Waals surface area (Å²) in [7, 11) is 1.74. The van der Waals surface area contributed by atoms with Crippen LogP contribution in [0.1, 0.15) is 17.4 Å². The molecule has 0 spiro atoms. The van der Waals surface area contributed by atoms with E-state index in [1.807, 2.05) is 6.92 Å². The topological polar surface area (TPSA) is 42.4 Å². The quantitative estimate of drug-likeness (QED) is 0.614. The Morgan fingerprint density at radius 3 is 2.94 bits per heavy atom. The zero-order valence-corrected chi connectivity index (χ0v) is 11.0. The monoisotopic (exact) mass is 286 g/mol. The lowest BCUT2D eigenvalue weighted by molar-refractivity contribution is 0.0704. The smallest absolute Gasteiger partial charge is 0.272 e. The minimum atomic E-state index is -0.0963. The third-order valence-electron chi connectivity index (χ3n) is 2.06. The van der Waals surface area contributed by atoms with E-state index in [0.717, 1.165) is 0 Å². The molecule has 0 bridgehead atoms. The number of rotatable bonds is 5. The highest BCUT2D eigenvalue weighted by molar-refractivity contribution is 9.10. The Balaban J connectivity index is 2.56. The molecule has 1 rings (SSSR count). The largest absolute Gasteiger partial charge is 0.380 e. The van der Waals surface area contributed by atoms with Crippen LogP contribution >= 0.6 is 15.9 Å². The van der Waals surface area contributed by atoms with Crippen LogP contribution in [0.3, 0.4) is 0 Å². The van der Waals surface area contributed by atoms with Crippen LogP contribution in [0.25, 0.3) is 0 Å². The second kappa shape index (κ2) is 6.60. The highest BCUT2D eigenvalue weighted by atomic mass is 79.9. The van der Waals surface area contributed by atoms with Crippen molar-refractivity contribution in [2.24, 2.45) is 0 Å². The van der Waals surface area contributed by atoms with E-state index >= 15 is 0 Å². The minimum absolute atomic E-state index is 0.0963. The number of ether oxygens (including phenoxy) is 1. The Hall–Kier alpha value is -0.940. The Bertz CT molecular complexity index is 358. The van der Waals surface area contributed by atoms with E-state index in [4.69, 9.17) is 4.74 Å². The van der Waals surface area contributed by atoms with Gasteiger partial charge in [0.05, 0.1) is 6.61 Å². The molecule has 1 aromatic heterocycles. The van der Waals surface area contributed by atoms with Crippen molar-refractivity contribution in [3.8, 4) is 0 Å². The fourth-order valence-corrected chi connectivity index (χ4v) is 1.51. The maximum Gasteiger partial charge on any atom is 0.272 e. The van der Waals surface area contributed by atoms with Crippen molar-refractivity contribution in [1.29, 1.82) is 0 Å². The van der Waals surface area contributed by atoms with Crippen molar-refractivity contribution in [2.45, 2.75) is 6.92 Å². The van der Waals surface area contributed by atoms with Crippen LogP contribution in [0.2, 0.25) is 0 Å². The van der Waals surface area contributed by atoms with Gasteiger partial charge in [-0.25, -0.2) is 4.98 Å². The lowest BCUT2D eigenvalue weighted by atomic mass is 10.3. The van der Waals surface area contributed by atoms with Crippen LogP contribution in [-0.2, 0) is 4.74 Å². The highest BCUT2D eigenvalue weighted by Crippen LogP contribution is 2.07. The van der Waals surface area contributed by atoms with Crippen molar-refractivity contribution in [3.63, 3.8) is 0 Å². The molecule has 1 amide bonds. The Morgan fingerprint density at radius 1 is 1.56 bits per heavy atom. The molecule has 1 heterocycles. The maximum absolute atomic E-state index is 11.9. The Labute approximate surface area is 104 Å². The number of carbonyl (C=O) groups excluding carboxylic acids is 1. The summed E-state index contributed by atoms with van der Waals surface area (Å²) in [6.07, 6.45) is 0. The number of amides is 1. The number of pyridine rings is 1. The molecule has 4 nitrogen and oxygen atoms in total. The van der Waals surface area contributed by atoms with Crippen molar-refractivity contribution in [2.75, 3.05) is 26.8 Å². The van der Waals surface area contributed by atoms with Gasteiger partial charge >= 0.3 is 0 Å². The number of likely N-dealkylation sites (N-methyl/N-ethyl adjacent to an activating group) is 1. The first-order valence-corrected chi connectivity index (χ1v) is 5.90. The zero-order valence-electron chi connectivity index (χ0n) is 9.44. The molecule has 0 unspecified atom stereocenters. The van der Waals surface area contributed by atoms with E-state index in [1.54, 1.807) is 30.1 Å². The molecule has 0 saturated heterocycles. The van der Waals surface area contributed by atoms with Gasteiger partial charge < -0.3 is 9.64 Å². The average Bonchev–Trinajstić information content (AvgIpc) is 2.28. The fraction of sp³-hybridized carbons (Fsp3) is 0.455. The number of hydrogen-bond donors (Lipinski definition) is 0. The zero-order chi connectivity index (χ0) is 12.0. The molecular formula is C11H15BrN2O2. The average molecular weight is 287 g/mol. The Morgan fingerprint density at radius 2 is 2.31 bits per heavy atom. The van der Waals surface area contributed by atoms with Crippen LogP contribution in [0.15, 0.2) is 22.8 Å². The lowest BCUT2D eigenvalue weighted by Crippen LogP contribution is -2.30. The summed E-state index contributed by atoms with van der Waals surface area (Å²) in [6.45, 7) is 3.71. The summed E-state index contributed by atoms with van der Waals surface area (Å²) in [5.74, 6) is -0.0963. The van der Waals surface area contributed by atoms with E-state index in [9.17, 15) is 4.79 Å². The van der Waals surface area contributed by atoms with Gasteiger partial charge in [0.25, 0.3) is 5.91 Å². The van der Waals surface area contributed by atoms with Crippen LogP contribution in [-0.4, -0.2) is 42.6 Å². The molecule has 0 N–H and O–H groups in total. The third-order valence-corrected chi connectivity index (χ3v) is 2.50. The summed E-state index contributed by atoms with van der Waals surface area (Å²) in [5.41, 5.74) is 0.438. The van der Waals surface area contributed by atoms with Crippen molar-refractivity contribution in [3.05, 3.63) is 28.5 Å². The third kappa shape index (κ3) is 3.90. The minimum Gasteiger partial charge on any atom is -0.380 e. The predicted molar refractivity (Wildman–Crippen MR) is 65.4 cm³/mol. The summed E-state index contributed by atoms with van der Waals surface area (Å²) in [4.78, 5) is 17.6. The molecular weight excluding hydrogens is 272 g/mol. The van der Waals surface area contributed by atoms with Crippen LogP contribution in [0.5, 0.6) is 0 Å². The van der Waals surface area contributed by atoms with Gasteiger partial charge in [0.1, 0.15) is 10.3 Å². The molecule has 16 heavy (non-hydrogen) atoms. The number of aromatic nitrogens is 1. The summed E-state index contributed by atoms with van der Waals surface area (Å²) < 4.78 is 5.85. The van der Waals surface area contributed by atoms with Gasteiger partial charge in [-0.3, -0.25) is 4.79 Å². The second-order valence-electron chi connectivity index (χ2n) is 3.27. The summed E-state index contributed by atoms with van der Waals surface area (Å²) >= 11 is 3.24. The van der Waals surface area contributed by atoms with Crippen molar-refractivity contribution >= 4 is 21.8 Å². The van der Waals surface area contributed by atoms with Gasteiger partial charge in [-0.1, -0.05) is 6.07 Å². The van der Waals surface area contributed by atoms with Crippen LogP contribution in [0, 0.1) is 0 Å².